The lowest BCUT2D eigenvalue weighted by Crippen LogP contribution is -2.09. The van der Waals surface area contributed by atoms with Crippen LogP contribution >= 0.6 is 11.6 Å². The third kappa shape index (κ3) is 2.79. The largest absolute Gasteiger partial charge is 0.363 e. The Morgan fingerprint density at radius 2 is 2.06 bits per heavy atom. The molecule has 0 spiro atoms. The van der Waals surface area contributed by atoms with Crippen molar-refractivity contribution in [3.8, 4) is 0 Å². The number of halogens is 1. The lowest BCUT2D eigenvalue weighted by Gasteiger charge is -2.14. The molecule has 0 amide bonds. The van der Waals surface area contributed by atoms with Crippen LogP contribution in [-0.4, -0.2) is 19.7 Å². The van der Waals surface area contributed by atoms with Crippen molar-refractivity contribution in [1.29, 1.82) is 0 Å². The van der Waals surface area contributed by atoms with Crippen LogP contribution in [0, 0.1) is 13.8 Å². The van der Waals surface area contributed by atoms with Crippen molar-refractivity contribution >= 4 is 17.4 Å². The molecular formula is C12H16ClN5. The highest BCUT2D eigenvalue weighted by Crippen LogP contribution is 2.21. The van der Waals surface area contributed by atoms with Gasteiger partial charge in [0.05, 0.1) is 11.7 Å². The Hall–Kier alpha value is -1.62. The first-order valence-corrected chi connectivity index (χ1v) is 6.11. The van der Waals surface area contributed by atoms with E-state index in [4.69, 9.17) is 11.6 Å². The maximum Gasteiger partial charge on any atom is 0.134 e. The van der Waals surface area contributed by atoms with Crippen molar-refractivity contribution in [1.82, 2.24) is 19.7 Å². The van der Waals surface area contributed by atoms with Gasteiger partial charge in [0.15, 0.2) is 0 Å². The SMILES string of the molecule is Cc1nc(Cl)cc(NC(C)c2cn(C)nc2C)n1. The molecule has 1 unspecified atom stereocenters. The summed E-state index contributed by atoms with van der Waals surface area (Å²) in [5.41, 5.74) is 2.15. The van der Waals surface area contributed by atoms with Gasteiger partial charge in [0.2, 0.25) is 0 Å². The monoisotopic (exact) mass is 265 g/mol. The molecule has 2 heterocycles. The number of aryl methyl sites for hydroxylation is 3. The van der Waals surface area contributed by atoms with E-state index < -0.39 is 0 Å². The number of nitrogens with zero attached hydrogens (tertiary/aromatic N) is 4. The number of rotatable bonds is 3. The van der Waals surface area contributed by atoms with Crippen LogP contribution in [0.15, 0.2) is 12.3 Å². The highest BCUT2D eigenvalue weighted by atomic mass is 35.5. The van der Waals surface area contributed by atoms with Crippen molar-refractivity contribution in [3.63, 3.8) is 0 Å². The van der Waals surface area contributed by atoms with Gasteiger partial charge in [0, 0.05) is 24.9 Å². The van der Waals surface area contributed by atoms with Crippen LogP contribution in [0.2, 0.25) is 5.15 Å². The van der Waals surface area contributed by atoms with Crippen LogP contribution in [0.25, 0.3) is 0 Å². The van der Waals surface area contributed by atoms with E-state index in [0.29, 0.717) is 11.0 Å². The molecule has 0 aliphatic rings. The summed E-state index contributed by atoms with van der Waals surface area (Å²) in [5.74, 6) is 1.38. The first kappa shape index (κ1) is 12.8. The first-order chi connectivity index (χ1) is 8.45. The topological polar surface area (TPSA) is 55.6 Å². The standard InChI is InChI=1S/C12H16ClN5/c1-7(10-6-18(4)17-8(10)2)14-12-5-11(13)15-9(3)16-12/h5-7H,1-4H3,(H,14,15,16). The molecule has 0 aliphatic heterocycles. The van der Waals surface area contributed by atoms with E-state index in [1.807, 2.05) is 27.1 Å². The summed E-state index contributed by atoms with van der Waals surface area (Å²) >= 11 is 5.91. The lowest BCUT2D eigenvalue weighted by molar-refractivity contribution is 0.756. The van der Waals surface area contributed by atoms with Crippen LogP contribution in [0.4, 0.5) is 5.82 Å². The fourth-order valence-corrected chi connectivity index (χ4v) is 2.17. The maximum atomic E-state index is 5.91. The second kappa shape index (κ2) is 4.94. The minimum atomic E-state index is 0.115. The Kier molecular flexibility index (Phi) is 3.52. The molecule has 1 N–H and O–H groups in total. The molecular weight excluding hydrogens is 250 g/mol. The van der Waals surface area contributed by atoms with Crippen molar-refractivity contribution in [2.75, 3.05) is 5.32 Å². The smallest absolute Gasteiger partial charge is 0.134 e. The van der Waals surface area contributed by atoms with Crippen LogP contribution in [-0.2, 0) is 7.05 Å². The molecule has 0 saturated heterocycles. The molecule has 96 valence electrons. The molecule has 6 heteroatoms. The lowest BCUT2D eigenvalue weighted by atomic mass is 10.1. The van der Waals surface area contributed by atoms with E-state index in [0.717, 1.165) is 17.1 Å². The van der Waals surface area contributed by atoms with Gasteiger partial charge in [-0.15, -0.1) is 0 Å². The van der Waals surface area contributed by atoms with E-state index in [9.17, 15) is 0 Å². The Morgan fingerprint density at radius 1 is 1.33 bits per heavy atom. The van der Waals surface area contributed by atoms with E-state index in [1.165, 1.54) is 0 Å². The van der Waals surface area contributed by atoms with E-state index in [1.54, 1.807) is 10.7 Å². The molecule has 0 saturated carbocycles. The van der Waals surface area contributed by atoms with Gasteiger partial charge < -0.3 is 5.32 Å². The zero-order valence-corrected chi connectivity index (χ0v) is 11.7. The maximum absolute atomic E-state index is 5.91. The molecule has 5 nitrogen and oxygen atoms in total. The first-order valence-electron chi connectivity index (χ1n) is 5.73. The van der Waals surface area contributed by atoms with Gasteiger partial charge in [0.1, 0.15) is 16.8 Å². The minimum absolute atomic E-state index is 0.115. The molecule has 18 heavy (non-hydrogen) atoms. The zero-order valence-electron chi connectivity index (χ0n) is 10.9. The van der Waals surface area contributed by atoms with Crippen molar-refractivity contribution in [2.45, 2.75) is 26.8 Å². The number of anilines is 1. The summed E-state index contributed by atoms with van der Waals surface area (Å²) in [6.45, 7) is 5.87. The normalized spacial score (nSPS) is 12.5. The number of nitrogens with one attached hydrogen (secondary N) is 1. The Balaban J connectivity index is 2.20. The second-order valence-electron chi connectivity index (χ2n) is 4.33. The molecule has 0 aromatic carbocycles. The van der Waals surface area contributed by atoms with Gasteiger partial charge in [0.25, 0.3) is 0 Å². The Labute approximate surface area is 111 Å². The third-order valence-corrected chi connectivity index (χ3v) is 2.88. The van der Waals surface area contributed by atoms with Gasteiger partial charge in [-0.05, 0) is 20.8 Å². The number of hydrogen-bond donors (Lipinski definition) is 1. The number of hydrogen-bond acceptors (Lipinski definition) is 4. The molecule has 0 fully saturated rings. The van der Waals surface area contributed by atoms with E-state index in [-0.39, 0.29) is 6.04 Å². The van der Waals surface area contributed by atoms with Gasteiger partial charge >= 0.3 is 0 Å². The molecule has 0 aliphatic carbocycles. The molecule has 2 aromatic rings. The van der Waals surface area contributed by atoms with E-state index in [2.05, 4.69) is 27.3 Å². The molecule has 1 atom stereocenters. The average Bonchev–Trinajstić information content (AvgIpc) is 2.56. The fourth-order valence-electron chi connectivity index (χ4n) is 1.95. The minimum Gasteiger partial charge on any atom is -0.363 e. The number of aromatic nitrogens is 4. The van der Waals surface area contributed by atoms with Crippen molar-refractivity contribution in [3.05, 3.63) is 34.5 Å². The molecule has 0 radical (unpaired) electrons. The summed E-state index contributed by atoms with van der Waals surface area (Å²) < 4.78 is 1.81. The van der Waals surface area contributed by atoms with Crippen LogP contribution < -0.4 is 5.32 Å². The van der Waals surface area contributed by atoms with E-state index >= 15 is 0 Å². The Morgan fingerprint density at radius 3 is 2.61 bits per heavy atom. The summed E-state index contributed by atoms with van der Waals surface area (Å²) in [5, 5.41) is 8.08. The highest BCUT2D eigenvalue weighted by Gasteiger charge is 2.12. The predicted molar refractivity (Wildman–Crippen MR) is 71.8 cm³/mol. The van der Waals surface area contributed by atoms with Crippen LogP contribution in [0.3, 0.4) is 0 Å². The van der Waals surface area contributed by atoms with Crippen molar-refractivity contribution < 1.29 is 0 Å². The van der Waals surface area contributed by atoms with Crippen molar-refractivity contribution in [2.24, 2.45) is 7.05 Å². The summed E-state index contributed by atoms with van der Waals surface area (Å²) in [7, 11) is 1.91. The Bertz CT molecular complexity index is 543. The van der Waals surface area contributed by atoms with Gasteiger partial charge in [-0.1, -0.05) is 11.6 Å². The third-order valence-electron chi connectivity index (χ3n) is 2.69. The summed E-state index contributed by atoms with van der Waals surface area (Å²) in [6, 6.07) is 1.83. The van der Waals surface area contributed by atoms with Crippen LogP contribution in [0.5, 0.6) is 0 Å². The zero-order chi connectivity index (χ0) is 13.3. The second-order valence-corrected chi connectivity index (χ2v) is 4.72. The highest BCUT2D eigenvalue weighted by molar-refractivity contribution is 6.29. The quantitative estimate of drug-likeness (QED) is 0.867. The molecule has 0 bridgehead atoms. The molecule has 2 rings (SSSR count). The fraction of sp³-hybridized carbons (Fsp3) is 0.417. The van der Waals surface area contributed by atoms with Gasteiger partial charge in [-0.3, -0.25) is 4.68 Å². The predicted octanol–water partition coefficient (Wildman–Crippen LogP) is 2.65. The van der Waals surface area contributed by atoms with Gasteiger partial charge in [-0.2, -0.15) is 5.10 Å². The summed E-state index contributed by atoms with van der Waals surface area (Å²) in [4.78, 5) is 8.34. The van der Waals surface area contributed by atoms with Gasteiger partial charge in [-0.25, -0.2) is 9.97 Å². The summed E-state index contributed by atoms with van der Waals surface area (Å²) in [6.07, 6.45) is 2.00. The molecule has 2 aromatic heterocycles. The van der Waals surface area contributed by atoms with Crippen LogP contribution in [0.1, 0.15) is 30.0 Å². The average molecular weight is 266 g/mol.